The van der Waals surface area contributed by atoms with E-state index in [1.54, 1.807) is 6.26 Å². The second-order valence-corrected chi connectivity index (χ2v) is 8.82. The van der Waals surface area contributed by atoms with Crippen LogP contribution >= 0.6 is 11.3 Å². The number of thiophene rings is 1. The third-order valence-electron chi connectivity index (χ3n) is 5.28. The molecule has 33 heavy (non-hydrogen) atoms. The van der Waals surface area contributed by atoms with E-state index in [1.807, 2.05) is 72.3 Å². The molecule has 0 radical (unpaired) electrons. The molecular weight excluding hydrogens is 434 g/mol. The van der Waals surface area contributed by atoms with E-state index in [4.69, 9.17) is 9.15 Å². The van der Waals surface area contributed by atoms with E-state index in [2.05, 4.69) is 22.5 Å². The van der Waals surface area contributed by atoms with Crippen LogP contribution in [0.2, 0.25) is 0 Å². The summed E-state index contributed by atoms with van der Waals surface area (Å²) in [7, 11) is 0. The maximum absolute atomic E-state index is 13.0. The number of anilines is 1. The fraction of sp³-hybridized carbons (Fsp3) is 0.154. The highest BCUT2D eigenvalue weighted by molar-refractivity contribution is 7.20. The SMILES string of the molecule is Cc1nn(Cc2ccccc2)c2sc(C(=O)Nc3cccc(COCc4ccco4)c3)cc12. The summed E-state index contributed by atoms with van der Waals surface area (Å²) in [6.07, 6.45) is 1.63. The van der Waals surface area contributed by atoms with Crippen molar-refractivity contribution in [3.63, 3.8) is 0 Å². The van der Waals surface area contributed by atoms with Crippen LogP contribution in [0, 0.1) is 6.92 Å². The molecular formula is C26H23N3O3S. The van der Waals surface area contributed by atoms with Gasteiger partial charge in [0.15, 0.2) is 0 Å². The van der Waals surface area contributed by atoms with Crippen LogP contribution in [0.25, 0.3) is 10.2 Å². The van der Waals surface area contributed by atoms with Gasteiger partial charge in [0.1, 0.15) is 17.2 Å². The number of carbonyl (C=O) groups excluding carboxylic acids is 1. The first-order valence-electron chi connectivity index (χ1n) is 10.7. The minimum atomic E-state index is -0.129. The minimum absolute atomic E-state index is 0.129. The second kappa shape index (κ2) is 9.44. The number of benzene rings is 2. The highest BCUT2D eigenvalue weighted by atomic mass is 32.1. The summed E-state index contributed by atoms with van der Waals surface area (Å²) < 4.78 is 12.9. The van der Waals surface area contributed by atoms with Gasteiger partial charge in [-0.25, -0.2) is 0 Å². The third-order valence-corrected chi connectivity index (χ3v) is 6.43. The number of furan rings is 1. The van der Waals surface area contributed by atoms with Crippen LogP contribution < -0.4 is 5.32 Å². The number of carbonyl (C=O) groups is 1. The standard InChI is InChI=1S/C26H23N3O3S/c1-18-23-14-24(33-26(23)29(28-18)15-19-7-3-2-4-8-19)25(30)27-21-10-5-9-20(13-21)16-31-17-22-11-6-12-32-22/h2-14H,15-17H2,1H3,(H,27,30). The van der Waals surface area contributed by atoms with Crippen molar-refractivity contribution in [1.82, 2.24) is 9.78 Å². The number of rotatable bonds is 8. The van der Waals surface area contributed by atoms with Crippen LogP contribution in [0.5, 0.6) is 0 Å². The van der Waals surface area contributed by atoms with Gasteiger partial charge in [-0.2, -0.15) is 5.10 Å². The van der Waals surface area contributed by atoms with Gasteiger partial charge in [0.05, 0.1) is 30.0 Å². The van der Waals surface area contributed by atoms with Crippen LogP contribution in [0.4, 0.5) is 5.69 Å². The molecule has 1 N–H and O–H groups in total. The number of aromatic nitrogens is 2. The molecule has 0 aliphatic carbocycles. The fourth-order valence-electron chi connectivity index (χ4n) is 3.68. The Kier molecular flexibility index (Phi) is 6.06. The number of fused-ring (bicyclic) bond motifs is 1. The van der Waals surface area contributed by atoms with E-state index >= 15 is 0 Å². The summed E-state index contributed by atoms with van der Waals surface area (Å²) in [5.41, 5.74) is 3.81. The molecule has 5 rings (SSSR count). The lowest BCUT2D eigenvalue weighted by Crippen LogP contribution is -2.10. The molecule has 3 heterocycles. The summed E-state index contributed by atoms with van der Waals surface area (Å²) >= 11 is 1.46. The smallest absolute Gasteiger partial charge is 0.265 e. The van der Waals surface area contributed by atoms with E-state index in [1.165, 1.54) is 16.9 Å². The first-order chi connectivity index (χ1) is 16.2. The summed E-state index contributed by atoms with van der Waals surface area (Å²) in [6.45, 7) is 3.49. The number of hydrogen-bond acceptors (Lipinski definition) is 5. The van der Waals surface area contributed by atoms with E-state index in [0.717, 1.165) is 32.9 Å². The number of hydrogen-bond donors (Lipinski definition) is 1. The quantitative estimate of drug-likeness (QED) is 0.309. The van der Waals surface area contributed by atoms with E-state index in [9.17, 15) is 4.79 Å². The van der Waals surface area contributed by atoms with Crippen molar-refractivity contribution in [3.8, 4) is 0 Å². The molecule has 0 saturated heterocycles. The number of amides is 1. The fourth-order valence-corrected chi connectivity index (χ4v) is 4.74. The van der Waals surface area contributed by atoms with Crippen LogP contribution in [0.1, 0.15) is 32.3 Å². The molecule has 1 amide bonds. The van der Waals surface area contributed by atoms with Crippen LogP contribution in [-0.4, -0.2) is 15.7 Å². The predicted molar refractivity (Wildman–Crippen MR) is 129 cm³/mol. The second-order valence-electron chi connectivity index (χ2n) is 7.78. The van der Waals surface area contributed by atoms with Crippen molar-refractivity contribution in [2.75, 3.05) is 5.32 Å². The highest BCUT2D eigenvalue weighted by Gasteiger charge is 2.17. The third kappa shape index (κ3) is 4.89. The van der Waals surface area contributed by atoms with Crippen molar-refractivity contribution in [2.45, 2.75) is 26.7 Å². The van der Waals surface area contributed by atoms with Crippen LogP contribution in [-0.2, 0) is 24.5 Å². The molecule has 6 nitrogen and oxygen atoms in total. The number of nitrogens with one attached hydrogen (secondary N) is 1. The Morgan fingerprint density at radius 2 is 1.88 bits per heavy atom. The first-order valence-corrected chi connectivity index (χ1v) is 11.5. The summed E-state index contributed by atoms with van der Waals surface area (Å²) in [5.74, 6) is 0.654. The van der Waals surface area contributed by atoms with Crippen molar-refractivity contribution in [3.05, 3.63) is 107 Å². The first kappa shape index (κ1) is 21.2. The zero-order valence-electron chi connectivity index (χ0n) is 18.2. The Balaban J connectivity index is 1.27. The molecule has 3 aromatic heterocycles. The number of ether oxygens (including phenoxy) is 1. The molecule has 0 spiro atoms. The molecule has 5 aromatic rings. The number of aryl methyl sites for hydroxylation is 1. The lowest BCUT2D eigenvalue weighted by atomic mass is 10.2. The number of nitrogens with zero attached hydrogens (tertiary/aromatic N) is 2. The van der Waals surface area contributed by atoms with Gasteiger partial charge in [-0.1, -0.05) is 42.5 Å². The van der Waals surface area contributed by atoms with Gasteiger partial charge in [-0.3, -0.25) is 9.48 Å². The van der Waals surface area contributed by atoms with Crippen molar-refractivity contribution >= 4 is 33.1 Å². The maximum Gasteiger partial charge on any atom is 0.265 e. The van der Waals surface area contributed by atoms with Crippen LogP contribution in [0.3, 0.4) is 0 Å². The molecule has 7 heteroatoms. The van der Waals surface area contributed by atoms with Gasteiger partial charge in [0.2, 0.25) is 0 Å². The van der Waals surface area contributed by atoms with Crippen molar-refractivity contribution in [1.29, 1.82) is 0 Å². The lowest BCUT2D eigenvalue weighted by molar-refractivity contribution is 0.0929. The minimum Gasteiger partial charge on any atom is -0.467 e. The lowest BCUT2D eigenvalue weighted by Gasteiger charge is -2.07. The molecule has 2 aromatic carbocycles. The van der Waals surface area contributed by atoms with E-state index in [0.29, 0.717) is 24.6 Å². The average Bonchev–Trinajstić information content (AvgIpc) is 3.55. The predicted octanol–water partition coefficient (Wildman–Crippen LogP) is 6.02. The molecule has 0 aliphatic rings. The Hall–Kier alpha value is -3.68. The Morgan fingerprint density at radius 3 is 2.70 bits per heavy atom. The van der Waals surface area contributed by atoms with Gasteiger partial charge in [-0.15, -0.1) is 11.3 Å². The van der Waals surface area contributed by atoms with E-state index < -0.39 is 0 Å². The highest BCUT2D eigenvalue weighted by Crippen LogP contribution is 2.29. The Bertz CT molecular complexity index is 1370. The summed E-state index contributed by atoms with van der Waals surface area (Å²) in [5, 5.41) is 8.69. The van der Waals surface area contributed by atoms with Crippen LogP contribution in [0.15, 0.2) is 83.5 Å². The van der Waals surface area contributed by atoms with Crippen molar-refractivity contribution < 1.29 is 13.9 Å². The van der Waals surface area contributed by atoms with E-state index in [-0.39, 0.29) is 5.91 Å². The summed E-state index contributed by atoms with van der Waals surface area (Å²) in [6, 6.07) is 23.5. The van der Waals surface area contributed by atoms with Gasteiger partial charge in [0, 0.05) is 11.1 Å². The molecule has 0 fully saturated rings. The zero-order chi connectivity index (χ0) is 22.6. The topological polar surface area (TPSA) is 69.3 Å². The average molecular weight is 458 g/mol. The molecule has 0 atom stereocenters. The van der Waals surface area contributed by atoms with Gasteiger partial charge < -0.3 is 14.5 Å². The molecule has 0 saturated carbocycles. The zero-order valence-corrected chi connectivity index (χ0v) is 19.0. The molecule has 166 valence electrons. The maximum atomic E-state index is 13.0. The molecule has 0 bridgehead atoms. The normalized spacial score (nSPS) is 11.2. The van der Waals surface area contributed by atoms with Gasteiger partial charge in [-0.05, 0) is 48.4 Å². The Labute approximate surface area is 195 Å². The molecule has 0 aliphatic heterocycles. The molecule has 0 unspecified atom stereocenters. The van der Waals surface area contributed by atoms with Gasteiger partial charge >= 0.3 is 0 Å². The largest absolute Gasteiger partial charge is 0.467 e. The summed E-state index contributed by atoms with van der Waals surface area (Å²) in [4.78, 5) is 14.6. The Morgan fingerprint density at radius 1 is 1.03 bits per heavy atom. The van der Waals surface area contributed by atoms with Crippen molar-refractivity contribution in [2.24, 2.45) is 0 Å². The monoisotopic (exact) mass is 457 g/mol. The van der Waals surface area contributed by atoms with Gasteiger partial charge in [0.25, 0.3) is 5.91 Å².